The highest BCUT2D eigenvalue weighted by Gasteiger charge is 2.14. The molecular weight excluding hydrogens is 257 g/mol. The van der Waals surface area contributed by atoms with Crippen molar-refractivity contribution in [2.45, 2.75) is 26.3 Å². The lowest BCUT2D eigenvalue weighted by Crippen LogP contribution is -2.26. The average molecular weight is 276 g/mol. The Hall–Kier alpha value is -0.280. The van der Waals surface area contributed by atoms with E-state index in [4.69, 9.17) is 27.9 Å². The van der Waals surface area contributed by atoms with Gasteiger partial charge in [0.15, 0.2) is 0 Å². The first kappa shape index (κ1) is 14.8. The summed E-state index contributed by atoms with van der Waals surface area (Å²) in [7, 11) is 0. The topological polar surface area (TPSA) is 21.3 Å². The number of halogens is 2. The van der Waals surface area contributed by atoms with Crippen molar-refractivity contribution in [2.75, 3.05) is 19.8 Å². The second kappa shape index (κ2) is 7.93. The summed E-state index contributed by atoms with van der Waals surface area (Å²) >= 11 is 12.1. The molecule has 17 heavy (non-hydrogen) atoms. The van der Waals surface area contributed by atoms with Crippen molar-refractivity contribution < 1.29 is 4.74 Å². The predicted molar refractivity (Wildman–Crippen MR) is 74.0 cm³/mol. The molecule has 1 rings (SSSR count). The maximum Gasteiger partial charge on any atom is 0.0661 e. The van der Waals surface area contributed by atoms with E-state index in [9.17, 15) is 0 Å². The first-order valence-corrected chi connectivity index (χ1v) is 6.70. The van der Waals surface area contributed by atoms with Crippen LogP contribution in [0.15, 0.2) is 18.2 Å². The van der Waals surface area contributed by atoms with Gasteiger partial charge in [-0.05, 0) is 37.6 Å². The third-order valence-corrected chi connectivity index (χ3v) is 3.03. The number of ether oxygens (including phenoxy) is 1. The Morgan fingerprint density at radius 3 is 2.65 bits per heavy atom. The zero-order valence-electron chi connectivity index (χ0n) is 10.3. The van der Waals surface area contributed by atoms with E-state index >= 15 is 0 Å². The molecule has 1 aromatic rings. The zero-order chi connectivity index (χ0) is 12.7. The summed E-state index contributed by atoms with van der Waals surface area (Å²) in [6, 6.07) is 5.71. The molecule has 1 atom stereocenters. The van der Waals surface area contributed by atoms with Crippen LogP contribution in [-0.2, 0) is 4.74 Å². The van der Waals surface area contributed by atoms with Gasteiger partial charge in [-0.1, -0.05) is 36.2 Å². The lowest BCUT2D eigenvalue weighted by molar-refractivity contribution is 0.123. The Morgan fingerprint density at radius 1 is 1.29 bits per heavy atom. The van der Waals surface area contributed by atoms with Gasteiger partial charge in [-0.25, -0.2) is 0 Å². The fraction of sp³-hybridized carbons (Fsp3) is 0.538. The largest absolute Gasteiger partial charge is 0.380 e. The van der Waals surface area contributed by atoms with E-state index in [2.05, 4.69) is 12.2 Å². The summed E-state index contributed by atoms with van der Waals surface area (Å²) in [6.45, 7) is 6.39. The molecule has 4 heteroatoms. The molecule has 0 saturated heterocycles. The quantitative estimate of drug-likeness (QED) is 0.810. The molecule has 0 aliphatic heterocycles. The number of hydrogen-bond acceptors (Lipinski definition) is 2. The minimum atomic E-state index is 0.125. The van der Waals surface area contributed by atoms with Gasteiger partial charge in [-0.15, -0.1) is 0 Å². The molecule has 0 spiro atoms. The fourth-order valence-electron chi connectivity index (χ4n) is 1.60. The van der Waals surface area contributed by atoms with Gasteiger partial charge < -0.3 is 10.1 Å². The van der Waals surface area contributed by atoms with Crippen LogP contribution in [0.2, 0.25) is 10.0 Å². The van der Waals surface area contributed by atoms with Crippen molar-refractivity contribution in [3.05, 3.63) is 33.8 Å². The minimum Gasteiger partial charge on any atom is -0.380 e. The van der Waals surface area contributed by atoms with Crippen LogP contribution in [0.5, 0.6) is 0 Å². The van der Waals surface area contributed by atoms with Gasteiger partial charge in [0.25, 0.3) is 0 Å². The number of rotatable bonds is 7. The molecule has 1 N–H and O–H groups in total. The number of benzene rings is 1. The normalized spacial score (nSPS) is 12.7. The highest BCUT2D eigenvalue weighted by molar-refractivity contribution is 6.35. The molecule has 0 aliphatic rings. The van der Waals surface area contributed by atoms with Crippen LogP contribution >= 0.6 is 23.2 Å². The molecule has 0 heterocycles. The summed E-state index contributed by atoms with van der Waals surface area (Å²) in [6.07, 6.45) is 1.08. The molecule has 0 aliphatic carbocycles. The molecule has 0 aromatic heterocycles. The van der Waals surface area contributed by atoms with Gasteiger partial charge in [0, 0.05) is 16.7 Å². The molecule has 2 nitrogen and oxygen atoms in total. The van der Waals surface area contributed by atoms with Crippen LogP contribution in [0.3, 0.4) is 0 Å². The first-order valence-electron chi connectivity index (χ1n) is 5.95. The Morgan fingerprint density at radius 2 is 2.06 bits per heavy atom. The third-order valence-electron chi connectivity index (χ3n) is 2.47. The number of hydrogen-bond donors (Lipinski definition) is 1. The summed E-state index contributed by atoms with van der Waals surface area (Å²) in [4.78, 5) is 0. The van der Waals surface area contributed by atoms with Gasteiger partial charge >= 0.3 is 0 Å². The van der Waals surface area contributed by atoms with Gasteiger partial charge in [0.05, 0.1) is 12.6 Å². The van der Waals surface area contributed by atoms with Crippen LogP contribution in [0, 0.1) is 0 Å². The zero-order valence-corrected chi connectivity index (χ0v) is 11.8. The highest BCUT2D eigenvalue weighted by atomic mass is 35.5. The molecule has 1 unspecified atom stereocenters. The second-order valence-electron chi connectivity index (χ2n) is 3.83. The fourth-order valence-corrected chi connectivity index (χ4v) is 2.14. The van der Waals surface area contributed by atoms with Crippen molar-refractivity contribution in [1.82, 2.24) is 5.32 Å². The summed E-state index contributed by atoms with van der Waals surface area (Å²) < 4.78 is 5.48. The van der Waals surface area contributed by atoms with Gasteiger partial charge in [0.2, 0.25) is 0 Å². The smallest absolute Gasteiger partial charge is 0.0661 e. The first-order chi connectivity index (χ1) is 8.19. The summed E-state index contributed by atoms with van der Waals surface area (Å²) in [5, 5.41) is 4.77. The Labute approximate surface area is 113 Å². The minimum absolute atomic E-state index is 0.125. The number of nitrogens with one attached hydrogen (secondary N) is 1. The van der Waals surface area contributed by atoms with E-state index in [1.807, 2.05) is 19.1 Å². The molecule has 0 saturated carbocycles. The van der Waals surface area contributed by atoms with Gasteiger partial charge in [-0.3, -0.25) is 0 Å². The summed E-state index contributed by atoms with van der Waals surface area (Å²) in [5.41, 5.74) is 1.04. The maximum atomic E-state index is 6.20. The third kappa shape index (κ3) is 4.84. The average Bonchev–Trinajstić information content (AvgIpc) is 2.30. The lowest BCUT2D eigenvalue weighted by atomic mass is 10.1. The van der Waals surface area contributed by atoms with E-state index in [1.165, 1.54) is 0 Å². The highest BCUT2D eigenvalue weighted by Crippen LogP contribution is 2.26. The van der Waals surface area contributed by atoms with E-state index in [1.54, 1.807) is 6.07 Å². The van der Waals surface area contributed by atoms with Crippen molar-refractivity contribution >= 4 is 23.2 Å². The molecule has 0 bridgehead atoms. The van der Waals surface area contributed by atoms with Crippen LogP contribution < -0.4 is 5.32 Å². The van der Waals surface area contributed by atoms with Crippen LogP contribution in [-0.4, -0.2) is 19.8 Å². The van der Waals surface area contributed by atoms with E-state index < -0.39 is 0 Å². The van der Waals surface area contributed by atoms with Crippen LogP contribution in [0.4, 0.5) is 0 Å². The second-order valence-corrected chi connectivity index (χ2v) is 4.68. The lowest BCUT2D eigenvalue weighted by Gasteiger charge is -2.20. The Bertz CT molecular complexity index is 336. The maximum absolute atomic E-state index is 6.20. The molecule has 1 aromatic carbocycles. The molecule has 0 amide bonds. The summed E-state index contributed by atoms with van der Waals surface area (Å²) in [5.74, 6) is 0. The van der Waals surface area contributed by atoms with Crippen LogP contribution in [0.25, 0.3) is 0 Å². The van der Waals surface area contributed by atoms with E-state index in [-0.39, 0.29) is 6.04 Å². The van der Waals surface area contributed by atoms with Gasteiger partial charge in [-0.2, -0.15) is 0 Å². The van der Waals surface area contributed by atoms with E-state index in [0.717, 1.165) is 18.5 Å². The van der Waals surface area contributed by atoms with E-state index in [0.29, 0.717) is 23.3 Å². The van der Waals surface area contributed by atoms with Crippen molar-refractivity contribution in [2.24, 2.45) is 0 Å². The van der Waals surface area contributed by atoms with Crippen molar-refractivity contribution in [3.63, 3.8) is 0 Å². The van der Waals surface area contributed by atoms with Crippen molar-refractivity contribution in [1.29, 1.82) is 0 Å². The molecule has 96 valence electrons. The van der Waals surface area contributed by atoms with Gasteiger partial charge in [0.1, 0.15) is 0 Å². The predicted octanol–water partition coefficient (Wildman–Crippen LogP) is 4.07. The molecule has 0 radical (unpaired) electrons. The Balaban J connectivity index is 2.79. The van der Waals surface area contributed by atoms with Crippen molar-refractivity contribution in [3.8, 4) is 0 Å². The standard InChI is InChI=1S/C13H19Cl2NO/c1-3-7-16-13(9-17-4-2)11-6-5-10(14)8-12(11)15/h5-6,8,13,16H,3-4,7,9H2,1-2H3. The Kier molecular flexibility index (Phi) is 6.90. The molecule has 0 fully saturated rings. The molecular formula is C13H19Cl2NO. The SMILES string of the molecule is CCCNC(COCC)c1ccc(Cl)cc1Cl. The monoisotopic (exact) mass is 275 g/mol. The van der Waals surface area contributed by atoms with Crippen LogP contribution in [0.1, 0.15) is 31.9 Å².